The molecule has 3 rings (SSSR count). The first-order valence-electron chi connectivity index (χ1n) is 8.94. The quantitative estimate of drug-likeness (QED) is 0.838. The molecular weight excluding hydrogens is 314 g/mol. The number of carbonyl (C=O) groups excluding carboxylic acids is 1. The molecule has 1 aliphatic heterocycles. The number of rotatable bonds is 5. The lowest BCUT2D eigenvalue weighted by atomic mass is 10.0. The molecule has 5 heteroatoms. The number of carbonyl (C=O) groups is 1. The van der Waals surface area contributed by atoms with Crippen LogP contribution < -0.4 is 4.74 Å². The standard InChI is InChI=1S/C20H27N3O2/c1-14-20(15(2)22(3)21-14)17-9-7-13-23(17)19(24)12-11-16-8-5-6-10-18(16)25-4/h5-6,8,10,17H,7,9,11-13H2,1-4H3/t17-/m1/s1. The summed E-state index contributed by atoms with van der Waals surface area (Å²) in [6, 6.07) is 8.08. The monoisotopic (exact) mass is 341 g/mol. The second-order valence-electron chi connectivity index (χ2n) is 6.77. The Morgan fingerprint density at radius 2 is 2.08 bits per heavy atom. The number of aromatic nitrogens is 2. The van der Waals surface area contributed by atoms with E-state index in [1.165, 1.54) is 5.56 Å². The number of methoxy groups -OCH3 is 1. The number of nitrogens with zero attached hydrogens (tertiary/aromatic N) is 3. The van der Waals surface area contributed by atoms with Crippen molar-refractivity contribution in [1.82, 2.24) is 14.7 Å². The number of likely N-dealkylation sites (tertiary alicyclic amines) is 1. The fourth-order valence-electron chi connectivity index (χ4n) is 3.93. The lowest BCUT2D eigenvalue weighted by Gasteiger charge is -2.25. The summed E-state index contributed by atoms with van der Waals surface area (Å²) < 4.78 is 7.31. The Balaban J connectivity index is 1.73. The van der Waals surface area contributed by atoms with Gasteiger partial charge in [-0.05, 0) is 44.7 Å². The molecule has 2 heterocycles. The van der Waals surface area contributed by atoms with Crippen molar-refractivity contribution in [3.8, 4) is 5.75 Å². The van der Waals surface area contributed by atoms with Gasteiger partial charge in [0.15, 0.2) is 0 Å². The van der Waals surface area contributed by atoms with Gasteiger partial charge in [-0.15, -0.1) is 0 Å². The van der Waals surface area contributed by atoms with Crippen molar-refractivity contribution in [3.05, 3.63) is 46.8 Å². The van der Waals surface area contributed by atoms with Gasteiger partial charge in [-0.1, -0.05) is 18.2 Å². The van der Waals surface area contributed by atoms with E-state index in [1.54, 1.807) is 7.11 Å². The van der Waals surface area contributed by atoms with Gasteiger partial charge in [-0.2, -0.15) is 5.10 Å². The molecule has 0 aliphatic carbocycles. The zero-order valence-corrected chi connectivity index (χ0v) is 15.6. The molecule has 0 radical (unpaired) electrons. The van der Waals surface area contributed by atoms with Crippen molar-refractivity contribution in [3.63, 3.8) is 0 Å². The van der Waals surface area contributed by atoms with Gasteiger partial charge >= 0.3 is 0 Å². The van der Waals surface area contributed by atoms with E-state index in [-0.39, 0.29) is 11.9 Å². The number of hydrogen-bond acceptors (Lipinski definition) is 3. The zero-order valence-electron chi connectivity index (χ0n) is 15.6. The first-order valence-corrected chi connectivity index (χ1v) is 8.94. The SMILES string of the molecule is COc1ccccc1CCC(=O)N1CCC[C@@H]1c1c(C)nn(C)c1C. The van der Waals surface area contributed by atoms with E-state index in [2.05, 4.69) is 12.0 Å². The molecule has 1 amide bonds. The van der Waals surface area contributed by atoms with Gasteiger partial charge in [0.2, 0.25) is 5.91 Å². The lowest BCUT2D eigenvalue weighted by molar-refractivity contribution is -0.132. The van der Waals surface area contributed by atoms with Crippen LogP contribution in [0.15, 0.2) is 24.3 Å². The topological polar surface area (TPSA) is 47.4 Å². The van der Waals surface area contributed by atoms with Gasteiger partial charge in [0.25, 0.3) is 0 Å². The minimum atomic E-state index is 0.166. The molecule has 1 aromatic heterocycles. The molecule has 1 fully saturated rings. The highest BCUT2D eigenvalue weighted by atomic mass is 16.5. The summed E-state index contributed by atoms with van der Waals surface area (Å²) in [6.07, 6.45) is 3.29. The molecule has 1 saturated heterocycles. The van der Waals surface area contributed by atoms with E-state index < -0.39 is 0 Å². The second-order valence-corrected chi connectivity index (χ2v) is 6.77. The first-order chi connectivity index (χ1) is 12.0. The number of benzene rings is 1. The van der Waals surface area contributed by atoms with Gasteiger partial charge in [0, 0.05) is 31.3 Å². The molecule has 2 aromatic rings. The molecular formula is C20H27N3O2. The third-order valence-corrected chi connectivity index (χ3v) is 5.27. The van der Waals surface area contributed by atoms with Crippen molar-refractivity contribution in [2.75, 3.05) is 13.7 Å². The number of aryl methyl sites for hydroxylation is 3. The van der Waals surface area contributed by atoms with Gasteiger partial charge in [0.05, 0.1) is 18.8 Å². The third-order valence-electron chi connectivity index (χ3n) is 5.27. The van der Waals surface area contributed by atoms with Crippen LogP contribution in [0.5, 0.6) is 5.75 Å². The molecule has 1 aromatic carbocycles. The average Bonchev–Trinajstić information content (AvgIpc) is 3.17. The van der Waals surface area contributed by atoms with E-state index in [0.717, 1.165) is 42.1 Å². The van der Waals surface area contributed by atoms with Crippen LogP contribution in [0.1, 0.15) is 47.8 Å². The van der Waals surface area contributed by atoms with Gasteiger partial charge < -0.3 is 9.64 Å². The van der Waals surface area contributed by atoms with Crippen LogP contribution in [-0.2, 0) is 18.3 Å². The Labute approximate surface area is 149 Å². The minimum Gasteiger partial charge on any atom is -0.496 e. The van der Waals surface area contributed by atoms with Crippen LogP contribution in [0.2, 0.25) is 0 Å². The first kappa shape index (κ1) is 17.5. The minimum absolute atomic E-state index is 0.166. The fraction of sp³-hybridized carbons (Fsp3) is 0.500. The summed E-state index contributed by atoms with van der Waals surface area (Å²) >= 11 is 0. The maximum Gasteiger partial charge on any atom is 0.223 e. The van der Waals surface area contributed by atoms with Gasteiger partial charge in [0.1, 0.15) is 5.75 Å². The summed E-state index contributed by atoms with van der Waals surface area (Å²) in [6.45, 7) is 4.96. The number of hydrogen-bond donors (Lipinski definition) is 0. The summed E-state index contributed by atoms with van der Waals surface area (Å²) in [5.74, 6) is 1.07. The molecule has 0 N–H and O–H groups in total. The van der Waals surface area contributed by atoms with Gasteiger partial charge in [-0.3, -0.25) is 9.48 Å². The van der Waals surface area contributed by atoms with Gasteiger partial charge in [-0.25, -0.2) is 0 Å². The van der Waals surface area contributed by atoms with Crippen molar-refractivity contribution >= 4 is 5.91 Å². The highest BCUT2D eigenvalue weighted by molar-refractivity contribution is 5.77. The van der Waals surface area contributed by atoms with Crippen LogP contribution in [-0.4, -0.2) is 34.2 Å². The summed E-state index contributed by atoms with van der Waals surface area (Å²) in [5, 5.41) is 4.53. The van der Waals surface area contributed by atoms with Crippen LogP contribution in [0.25, 0.3) is 0 Å². The van der Waals surface area contributed by atoms with Crippen LogP contribution in [0.3, 0.4) is 0 Å². The Kier molecular flexibility index (Phi) is 5.11. The Morgan fingerprint density at radius 3 is 2.76 bits per heavy atom. The highest BCUT2D eigenvalue weighted by Gasteiger charge is 2.33. The molecule has 1 aliphatic rings. The molecule has 0 spiro atoms. The summed E-state index contributed by atoms with van der Waals surface area (Å²) in [5.41, 5.74) is 4.51. The molecule has 0 unspecified atom stereocenters. The van der Waals surface area contributed by atoms with E-state index >= 15 is 0 Å². The predicted molar refractivity (Wildman–Crippen MR) is 97.7 cm³/mol. The summed E-state index contributed by atoms with van der Waals surface area (Å²) in [7, 11) is 3.64. The second kappa shape index (κ2) is 7.30. The van der Waals surface area contributed by atoms with Crippen molar-refractivity contribution in [2.24, 2.45) is 7.05 Å². The predicted octanol–water partition coefficient (Wildman–Crippen LogP) is 3.34. The Bertz CT molecular complexity index is 766. The largest absolute Gasteiger partial charge is 0.496 e. The summed E-state index contributed by atoms with van der Waals surface area (Å²) in [4.78, 5) is 14.9. The van der Waals surface area contributed by atoms with Crippen LogP contribution in [0, 0.1) is 13.8 Å². The van der Waals surface area contributed by atoms with E-state index in [9.17, 15) is 4.79 Å². The maximum absolute atomic E-state index is 12.9. The lowest BCUT2D eigenvalue weighted by Crippen LogP contribution is -2.31. The molecule has 5 nitrogen and oxygen atoms in total. The van der Waals surface area contributed by atoms with Crippen molar-refractivity contribution < 1.29 is 9.53 Å². The Hall–Kier alpha value is -2.30. The smallest absolute Gasteiger partial charge is 0.223 e. The van der Waals surface area contributed by atoms with E-state index in [1.807, 2.05) is 47.8 Å². The number of ether oxygens (including phenoxy) is 1. The number of amides is 1. The normalized spacial score (nSPS) is 17.1. The molecule has 134 valence electrons. The average molecular weight is 341 g/mol. The molecule has 1 atom stereocenters. The molecule has 0 bridgehead atoms. The Morgan fingerprint density at radius 1 is 1.32 bits per heavy atom. The third kappa shape index (κ3) is 3.41. The molecule has 25 heavy (non-hydrogen) atoms. The van der Waals surface area contributed by atoms with Crippen LogP contribution in [0.4, 0.5) is 0 Å². The van der Waals surface area contributed by atoms with E-state index in [4.69, 9.17) is 4.74 Å². The number of para-hydroxylation sites is 1. The van der Waals surface area contributed by atoms with Crippen molar-refractivity contribution in [1.29, 1.82) is 0 Å². The zero-order chi connectivity index (χ0) is 18.0. The van der Waals surface area contributed by atoms with Crippen molar-refractivity contribution in [2.45, 2.75) is 45.6 Å². The maximum atomic E-state index is 12.9. The molecule has 0 saturated carbocycles. The fourth-order valence-corrected chi connectivity index (χ4v) is 3.93. The van der Waals surface area contributed by atoms with E-state index in [0.29, 0.717) is 12.8 Å². The van der Waals surface area contributed by atoms with Crippen LogP contribution >= 0.6 is 0 Å². The highest BCUT2D eigenvalue weighted by Crippen LogP contribution is 2.36.